The van der Waals surface area contributed by atoms with Crippen LogP contribution in [0.25, 0.3) is 0 Å². The lowest BCUT2D eigenvalue weighted by atomic mass is 9.95. The smallest absolute Gasteiger partial charge is 0.356 e. The molecule has 1 atom stereocenters. The normalized spacial score (nSPS) is 18.2. The molecule has 2 heterocycles. The van der Waals surface area contributed by atoms with Crippen molar-refractivity contribution in [2.45, 2.75) is 38.3 Å². The average molecular weight is 343 g/mol. The molecule has 2 aromatic rings. The first-order valence-electron chi connectivity index (χ1n) is 8.69. The zero-order valence-corrected chi connectivity index (χ0v) is 14.8. The number of hydrogen-bond donors (Lipinski definition) is 1. The quantitative estimate of drug-likeness (QED) is 0.873. The number of likely N-dealkylation sites (tertiary alicyclic amines) is 1. The van der Waals surface area contributed by atoms with Crippen LogP contribution >= 0.6 is 0 Å². The van der Waals surface area contributed by atoms with Gasteiger partial charge < -0.3 is 9.84 Å². The molecule has 25 heavy (non-hydrogen) atoms. The number of hydrogen-bond acceptors (Lipinski definition) is 4. The maximum Gasteiger partial charge on any atom is 0.356 e. The van der Waals surface area contributed by atoms with Crippen LogP contribution in [0.5, 0.6) is 5.75 Å². The van der Waals surface area contributed by atoms with Crippen molar-refractivity contribution >= 4 is 5.97 Å². The van der Waals surface area contributed by atoms with Crippen molar-refractivity contribution in [1.82, 2.24) is 14.7 Å². The fraction of sp³-hybridized carbons (Fsp3) is 0.474. The molecule has 1 aliphatic heterocycles. The Morgan fingerprint density at radius 2 is 2.08 bits per heavy atom. The van der Waals surface area contributed by atoms with Crippen LogP contribution in [0.4, 0.5) is 0 Å². The van der Waals surface area contributed by atoms with Gasteiger partial charge in [0.25, 0.3) is 0 Å². The van der Waals surface area contributed by atoms with Crippen LogP contribution in [0.15, 0.2) is 30.5 Å². The van der Waals surface area contributed by atoms with Gasteiger partial charge in [0.05, 0.1) is 7.11 Å². The predicted octanol–water partition coefficient (Wildman–Crippen LogP) is 2.72. The summed E-state index contributed by atoms with van der Waals surface area (Å²) >= 11 is 0. The Hall–Kier alpha value is -2.34. The maximum absolute atomic E-state index is 11.4. The van der Waals surface area contributed by atoms with Gasteiger partial charge >= 0.3 is 5.97 Å². The number of benzene rings is 1. The summed E-state index contributed by atoms with van der Waals surface area (Å²) in [6, 6.07) is 8.62. The first kappa shape index (κ1) is 17.5. The Balaban J connectivity index is 1.73. The zero-order valence-electron chi connectivity index (χ0n) is 14.8. The number of rotatable bonds is 6. The van der Waals surface area contributed by atoms with Crippen molar-refractivity contribution in [1.29, 1.82) is 0 Å². The van der Waals surface area contributed by atoms with Gasteiger partial charge in [-0.2, -0.15) is 5.10 Å². The molecule has 1 aromatic heterocycles. The summed E-state index contributed by atoms with van der Waals surface area (Å²) in [5, 5.41) is 13.4. The highest BCUT2D eigenvalue weighted by Crippen LogP contribution is 2.24. The van der Waals surface area contributed by atoms with Crippen molar-refractivity contribution in [3.05, 3.63) is 47.3 Å². The Labute approximate surface area is 148 Å². The van der Waals surface area contributed by atoms with Crippen LogP contribution in [0.1, 0.15) is 40.9 Å². The molecule has 6 heteroatoms. The summed E-state index contributed by atoms with van der Waals surface area (Å²) in [4.78, 5) is 13.8. The summed E-state index contributed by atoms with van der Waals surface area (Å²) < 4.78 is 6.81. The molecule has 3 rings (SSSR count). The Kier molecular flexibility index (Phi) is 5.38. The molecule has 1 fully saturated rings. The monoisotopic (exact) mass is 343 g/mol. The number of carboxylic acid groups (broad SMARTS) is 1. The van der Waals surface area contributed by atoms with E-state index in [2.05, 4.69) is 22.1 Å². The molecule has 0 bridgehead atoms. The second kappa shape index (κ2) is 7.70. The topological polar surface area (TPSA) is 67.6 Å². The minimum atomic E-state index is -0.959. The van der Waals surface area contributed by atoms with E-state index in [0.717, 1.165) is 37.1 Å². The van der Waals surface area contributed by atoms with E-state index in [9.17, 15) is 9.90 Å². The van der Waals surface area contributed by atoms with Crippen LogP contribution in [-0.4, -0.2) is 45.5 Å². The van der Waals surface area contributed by atoms with Gasteiger partial charge in [-0.15, -0.1) is 0 Å². The lowest BCUT2D eigenvalue weighted by molar-refractivity contribution is 0.0685. The lowest BCUT2D eigenvalue weighted by Gasteiger charge is -2.35. The molecule has 0 saturated carbocycles. The largest absolute Gasteiger partial charge is 0.497 e. The van der Waals surface area contributed by atoms with Crippen molar-refractivity contribution in [2.24, 2.45) is 7.05 Å². The zero-order chi connectivity index (χ0) is 17.8. The summed E-state index contributed by atoms with van der Waals surface area (Å²) in [6.45, 7) is 1.63. The lowest BCUT2D eigenvalue weighted by Crippen LogP contribution is -2.40. The molecule has 0 radical (unpaired) electrons. The number of ether oxygens (including phenoxy) is 1. The van der Waals surface area contributed by atoms with E-state index in [4.69, 9.17) is 4.74 Å². The summed E-state index contributed by atoms with van der Waals surface area (Å²) in [5.74, 6) is -0.0926. The van der Waals surface area contributed by atoms with Crippen LogP contribution in [0.3, 0.4) is 0 Å². The molecule has 134 valence electrons. The molecule has 0 aliphatic carbocycles. The van der Waals surface area contributed by atoms with Crippen LogP contribution in [0, 0.1) is 0 Å². The number of aromatic nitrogens is 2. The molecule has 6 nitrogen and oxygen atoms in total. The van der Waals surface area contributed by atoms with Crippen LogP contribution in [-0.2, 0) is 20.0 Å². The Bertz CT molecular complexity index is 724. The van der Waals surface area contributed by atoms with E-state index in [1.807, 2.05) is 18.3 Å². The number of carbonyl (C=O) groups is 1. The first-order chi connectivity index (χ1) is 12.1. The third kappa shape index (κ3) is 4.20. The third-order valence-corrected chi connectivity index (χ3v) is 4.86. The van der Waals surface area contributed by atoms with Crippen molar-refractivity contribution in [3.63, 3.8) is 0 Å². The van der Waals surface area contributed by atoms with Crippen molar-refractivity contribution in [2.75, 3.05) is 13.7 Å². The average Bonchev–Trinajstić information content (AvgIpc) is 2.98. The molecular formula is C19H25N3O3. The van der Waals surface area contributed by atoms with E-state index in [1.54, 1.807) is 18.8 Å². The van der Waals surface area contributed by atoms with E-state index < -0.39 is 5.97 Å². The van der Waals surface area contributed by atoms with E-state index >= 15 is 0 Å². The van der Waals surface area contributed by atoms with Gasteiger partial charge in [-0.3, -0.25) is 9.58 Å². The number of nitrogens with zero attached hydrogens (tertiary/aromatic N) is 3. The Morgan fingerprint density at radius 1 is 1.32 bits per heavy atom. The number of methoxy groups -OCH3 is 1. The van der Waals surface area contributed by atoms with Crippen LogP contribution in [0.2, 0.25) is 0 Å². The molecule has 1 saturated heterocycles. The SMILES string of the molecule is COc1ccc(CC2CCCCN2Cc2cn(C)nc2C(=O)O)cc1. The van der Waals surface area contributed by atoms with Gasteiger partial charge in [-0.25, -0.2) is 4.79 Å². The molecule has 1 aliphatic rings. The van der Waals surface area contributed by atoms with Gasteiger partial charge in [0, 0.05) is 31.4 Å². The van der Waals surface area contributed by atoms with Gasteiger partial charge in [0.2, 0.25) is 0 Å². The van der Waals surface area contributed by atoms with E-state index in [0.29, 0.717) is 12.6 Å². The number of carboxylic acids is 1. The highest BCUT2D eigenvalue weighted by atomic mass is 16.5. The minimum Gasteiger partial charge on any atom is -0.497 e. The minimum absolute atomic E-state index is 0.163. The molecular weight excluding hydrogens is 318 g/mol. The highest BCUT2D eigenvalue weighted by Gasteiger charge is 2.25. The van der Waals surface area contributed by atoms with E-state index in [-0.39, 0.29) is 5.69 Å². The molecule has 1 N–H and O–H groups in total. The summed E-state index contributed by atoms with van der Waals surface area (Å²) in [7, 11) is 3.44. The van der Waals surface area contributed by atoms with Gasteiger partial charge in [0.15, 0.2) is 5.69 Å². The molecule has 0 spiro atoms. The second-order valence-corrected chi connectivity index (χ2v) is 6.65. The molecule has 1 aromatic carbocycles. The van der Waals surface area contributed by atoms with Crippen molar-refractivity contribution in [3.8, 4) is 5.75 Å². The van der Waals surface area contributed by atoms with Crippen molar-refractivity contribution < 1.29 is 14.6 Å². The number of aryl methyl sites for hydroxylation is 1. The van der Waals surface area contributed by atoms with Gasteiger partial charge in [0.1, 0.15) is 5.75 Å². The number of piperidine rings is 1. The maximum atomic E-state index is 11.4. The first-order valence-corrected chi connectivity index (χ1v) is 8.69. The summed E-state index contributed by atoms with van der Waals surface area (Å²) in [6.07, 6.45) is 6.29. The van der Waals surface area contributed by atoms with Gasteiger partial charge in [-0.1, -0.05) is 18.6 Å². The second-order valence-electron chi connectivity index (χ2n) is 6.65. The Morgan fingerprint density at radius 3 is 2.76 bits per heavy atom. The molecule has 0 amide bonds. The van der Waals surface area contributed by atoms with E-state index in [1.165, 1.54) is 12.0 Å². The fourth-order valence-corrected chi connectivity index (χ4v) is 3.59. The summed E-state index contributed by atoms with van der Waals surface area (Å²) in [5.41, 5.74) is 2.23. The van der Waals surface area contributed by atoms with Gasteiger partial charge in [-0.05, 0) is 43.5 Å². The number of aromatic carboxylic acids is 1. The molecule has 1 unspecified atom stereocenters. The highest BCUT2D eigenvalue weighted by molar-refractivity contribution is 5.86. The standard InChI is InChI=1S/C19H25N3O3/c1-21-12-15(18(20-21)19(23)24)13-22-10-4-3-5-16(22)11-14-6-8-17(25-2)9-7-14/h6-9,12,16H,3-5,10-11,13H2,1-2H3,(H,23,24). The predicted molar refractivity (Wildman–Crippen MR) is 94.9 cm³/mol. The van der Waals surface area contributed by atoms with Crippen LogP contribution < -0.4 is 4.74 Å². The third-order valence-electron chi connectivity index (χ3n) is 4.86. The fourth-order valence-electron chi connectivity index (χ4n) is 3.59.